The summed E-state index contributed by atoms with van der Waals surface area (Å²) in [7, 11) is 0. The molecular formula is C11H15N3O2S2. The summed E-state index contributed by atoms with van der Waals surface area (Å²) in [6, 6.07) is -0.623. The number of thioether (sulfide) groups is 1. The van der Waals surface area contributed by atoms with Gasteiger partial charge in [-0.05, 0) is 18.4 Å². The minimum atomic E-state index is -0.347. The minimum absolute atomic E-state index is 0.107. The summed E-state index contributed by atoms with van der Waals surface area (Å²) >= 11 is 3.19. The van der Waals surface area contributed by atoms with E-state index in [0.29, 0.717) is 19.4 Å². The first kappa shape index (κ1) is 13.4. The second kappa shape index (κ2) is 6.19. The molecule has 1 fully saturated rings. The number of aromatic nitrogens is 1. The molecule has 5 nitrogen and oxygen atoms in total. The van der Waals surface area contributed by atoms with E-state index in [1.165, 1.54) is 16.2 Å². The van der Waals surface area contributed by atoms with Crippen LogP contribution in [0.15, 0.2) is 10.9 Å². The zero-order valence-electron chi connectivity index (χ0n) is 10.1. The lowest BCUT2D eigenvalue weighted by atomic mass is 10.2. The maximum atomic E-state index is 12.0. The predicted molar refractivity (Wildman–Crippen MR) is 72.8 cm³/mol. The van der Waals surface area contributed by atoms with Crippen LogP contribution < -0.4 is 5.32 Å². The Bertz CT molecular complexity index is 422. The number of rotatable bonds is 6. The number of urea groups is 1. The van der Waals surface area contributed by atoms with Crippen molar-refractivity contribution in [3.05, 3.63) is 16.6 Å². The summed E-state index contributed by atoms with van der Waals surface area (Å²) in [5.41, 5.74) is 2.68. The van der Waals surface area contributed by atoms with E-state index in [2.05, 4.69) is 10.3 Å². The molecule has 98 valence electrons. The van der Waals surface area contributed by atoms with Gasteiger partial charge in [0.1, 0.15) is 6.04 Å². The molecule has 3 amide bonds. The van der Waals surface area contributed by atoms with Crippen LogP contribution in [-0.2, 0) is 11.2 Å². The fraction of sp³-hybridized carbons (Fsp3) is 0.545. The fourth-order valence-electron chi connectivity index (χ4n) is 1.81. The molecule has 1 aliphatic heterocycles. The lowest BCUT2D eigenvalue weighted by molar-refractivity contribution is -0.127. The van der Waals surface area contributed by atoms with E-state index < -0.39 is 0 Å². The van der Waals surface area contributed by atoms with Crippen molar-refractivity contribution >= 4 is 35.0 Å². The monoisotopic (exact) mass is 285 g/mol. The second-order valence-corrected chi connectivity index (χ2v) is 5.71. The molecule has 0 radical (unpaired) electrons. The van der Waals surface area contributed by atoms with E-state index in [0.717, 1.165) is 11.4 Å². The largest absolute Gasteiger partial charge is 0.326 e. The molecule has 2 rings (SSSR count). The minimum Gasteiger partial charge on any atom is -0.326 e. The number of hydrogen-bond donors (Lipinski definition) is 1. The van der Waals surface area contributed by atoms with E-state index in [-0.39, 0.29) is 18.0 Å². The van der Waals surface area contributed by atoms with E-state index in [1.54, 1.807) is 17.3 Å². The number of hydrogen-bond acceptors (Lipinski definition) is 5. The maximum absolute atomic E-state index is 12.0. The van der Waals surface area contributed by atoms with Gasteiger partial charge in [0, 0.05) is 18.3 Å². The molecule has 0 aliphatic carbocycles. The molecule has 1 aromatic heterocycles. The van der Waals surface area contributed by atoms with Crippen molar-refractivity contribution in [2.24, 2.45) is 0 Å². The van der Waals surface area contributed by atoms with E-state index >= 15 is 0 Å². The third kappa shape index (κ3) is 3.02. The Kier molecular flexibility index (Phi) is 4.60. The summed E-state index contributed by atoms with van der Waals surface area (Å²) < 4.78 is 0. The Balaban J connectivity index is 1.88. The van der Waals surface area contributed by atoms with E-state index in [4.69, 9.17) is 0 Å². The molecule has 1 atom stereocenters. The first-order valence-electron chi connectivity index (χ1n) is 5.70. The Labute approximate surface area is 114 Å². The van der Waals surface area contributed by atoms with Crippen LogP contribution in [0.4, 0.5) is 4.79 Å². The number of nitrogens with one attached hydrogen (secondary N) is 1. The molecule has 1 unspecified atom stereocenters. The SMILES string of the molecule is CSCCC1NC(=O)N(CCc2cscn2)C1=O. The lowest BCUT2D eigenvalue weighted by Gasteiger charge is -2.11. The quantitative estimate of drug-likeness (QED) is 0.802. The van der Waals surface area contributed by atoms with Crippen LogP contribution in [-0.4, -0.2) is 46.4 Å². The molecule has 1 aliphatic rings. The van der Waals surface area contributed by atoms with Gasteiger partial charge >= 0.3 is 6.03 Å². The summed E-state index contributed by atoms with van der Waals surface area (Å²) in [5.74, 6) is 0.764. The van der Waals surface area contributed by atoms with Crippen molar-refractivity contribution in [3.8, 4) is 0 Å². The number of amides is 3. The maximum Gasteiger partial charge on any atom is 0.324 e. The van der Waals surface area contributed by atoms with Gasteiger partial charge in [0.15, 0.2) is 0 Å². The van der Waals surface area contributed by atoms with Crippen molar-refractivity contribution < 1.29 is 9.59 Å². The van der Waals surface area contributed by atoms with Gasteiger partial charge < -0.3 is 5.32 Å². The number of nitrogens with zero attached hydrogens (tertiary/aromatic N) is 2. The average Bonchev–Trinajstić information content (AvgIpc) is 2.95. The highest BCUT2D eigenvalue weighted by Gasteiger charge is 2.36. The normalized spacial score (nSPS) is 19.4. The highest BCUT2D eigenvalue weighted by atomic mass is 32.2. The van der Waals surface area contributed by atoms with Crippen molar-refractivity contribution in [1.29, 1.82) is 0 Å². The third-order valence-electron chi connectivity index (χ3n) is 2.79. The van der Waals surface area contributed by atoms with Crippen molar-refractivity contribution in [2.45, 2.75) is 18.9 Å². The number of thiazole rings is 1. The molecule has 1 saturated heterocycles. The number of carbonyl (C=O) groups is 2. The molecular weight excluding hydrogens is 270 g/mol. The van der Waals surface area contributed by atoms with Crippen molar-refractivity contribution in [2.75, 3.05) is 18.6 Å². The highest BCUT2D eigenvalue weighted by molar-refractivity contribution is 7.98. The molecule has 0 spiro atoms. The molecule has 2 heterocycles. The summed E-state index contributed by atoms with van der Waals surface area (Å²) in [4.78, 5) is 29.1. The second-order valence-electron chi connectivity index (χ2n) is 4.00. The summed E-state index contributed by atoms with van der Waals surface area (Å²) in [5, 5.41) is 4.66. The van der Waals surface area contributed by atoms with Crippen molar-refractivity contribution in [1.82, 2.24) is 15.2 Å². The van der Waals surface area contributed by atoms with Crippen LogP contribution in [0.1, 0.15) is 12.1 Å². The number of imide groups is 1. The van der Waals surface area contributed by atoms with Gasteiger partial charge in [0.05, 0.1) is 11.2 Å². The molecule has 0 bridgehead atoms. The summed E-state index contributed by atoms with van der Waals surface area (Å²) in [6.45, 7) is 0.407. The molecule has 7 heteroatoms. The van der Waals surface area contributed by atoms with Crippen LogP contribution >= 0.6 is 23.1 Å². The topological polar surface area (TPSA) is 62.3 Å². The molecule has 0 aromatic carbocycles. The highest BCUT2D eigenvalue weighted by Crippen LogP contribution is 2.13. The standard InChI is InChI=1S/C11H15N3O2S2/c1-17-5-3-9-10(15)14(11(16)13-9)4-2-8-6-18-7-12-8/h6-7,9H,2-5H2,1H3,(H,13,16). The summed E-state index contributed by atoms with van der Waals surface area (Å²) in [6.07, 6.45) is 3.30. The van der Waals surface area contributed by atoms with E-state index in [9.17, 15) is 9.59 Å². The lowest BCUT2D eigenvalue weighted by Crippen LogP contribution is -2.33. The molecule has 0 saturated carbocycles. The van der Waals surface area contributed by atoms with Crippen LogP contribution in [0.5, 0.6) is 0 Å². The van der Waals surface area contributed by atoms with Gasteiger partial charge in [0.25, 0.3) is 5.91 Å². The molecule has 1 N–H and O–H groups in total. The first-order valence-corrected chi connectivity index (χ1v) is 8.04. The van der Waals surface area contributed by atoms with Gasteiger partial charge in [-0.2, -0.15) is 11.8 Å². The number of carbonyl (C=O) groups excluding carboxylic acids is 2. The van der Waals surface area contributed by atoms with Gasteiger partial charge in [-0.3, -0.25) is 9.69 Å². The van der Waals surface area contributed by atoms with Crippen LogP contribution in [0, 0.1) is 0 Å². The first-order chi connectivity index (χ1) is 8.72. The van der Waals surface area contributed by atoms with E-state index in [1.807, 2.05) is 11.6 Å². The van der Waals surface area contributed by atoms with Gasteiger partial charge in [-0.15, -0.1) is 11.3 Å². The Morgan fingerprint density at radius 1 is 1.56 bits per heavy atom. The van der Waals surface area contributed by atoms with Gasteiger partial charge in [0.2, 0.25) is 0 Å². The third-order valence-corrected chi connectivity index (χ3v) is 4.07. The van der Waals surface area contributed by atoms with Gasteiger partial charge in [-0.25, -0.2) is 9.78 Å². The van der Waals surface area contributed by atoms with Crippen LogP contribution in [0.25, 0.3) is 0 Å². The van der Waals surface area contributed by atoms with Crippen LogP contribution in [0.3, 0.4) is 0 Å². The smallest absolute Gasteiger partial charge is 0.324 e. The zero-order chi connectivity index (χ0) is 13.0. The Morgan fingerprint density at radius 3 is 3.06 bits per heavy atom. The Morgan fingerprint density at radius 2 is 2.39 bits per heavy atom. The van der Waals surface area contributed by atoms with Crippen molar-refractivity contribution in [3.63, 3.8) is 0 Å². The molecule has 18 heavy (non-hydrogen) atoms. The fourth-order valence-corrected chi connectivity index (χ4v) is 2.87. The average molecular weight is 285 g/mol. The Hall–Kier alpha value is -1.08. The van der Waals surface area contributed by atoms with Gasteiger partial charge in [-0.1, -0.05) is 0 Å². The predicted octanol–water partition coefficient (Wildman–Crippen LogP) is 1.36. The molecule has 1 aromatic rings. The zero-order valence-corrected chi connectivity index (χ0v) is 11.7. The van der Waals surface area contributed by atoms with Crippen LogP contribution in [0.2, 0.25) is 0 Å².